The minimum atomic E-state index is -1.76. The molecule has 0 radical (unpaired) electrons. The number of hydrogen-bond acceptors (Lipinski definition) is 4. The summed E-state index contributed by atoms with van der Waals surface area (Å²) in [5, 5.41) is 12.6. The van der Waals surface area contributed by atoms with E-state index in [1.165, 1.54) is 49.4 Å². The second-order valence-corrected chi connectivity index (χ2v) is 11.6. The zero-order valence-electron chi connectivity index (χ0n) is 17.5. The molecule has 0 amide bonds. The van der Waals surface area contributed by atoms with Gasteiger partial charge in [0.2, 0.25) is 0 Å². The van der Waals surface area contributed by atoms with Gasteiger partial charge in [0.25, 0.3) is 5.69 Å². The van der Waals surface area contributed by atoms with Crippen LogP contribution in [0.5, 0.6) is 0 Å². The van der Waals surface area contributed by atoms with Crippen molar-refractivity contribution in [2.24, 2.45) is 0 Å². The normalized spacial score (nSPS) is 18.5. The minimum Gasteiger partial charge on any atom is -1.00 e. The van der Waals surface area contributed by atoms with Crippen LogP contribution in [-0.4, -0.2) is 40.4 Å². The van der Waals surface area contributed by atoms with Crippen molar-refractivity contribution in [2.45, 2.75) is 44.7 Å². The number of nitro groups is 1. The molecule has 2 aromatic carbocycles. The fraction of sp³-hybridized carbons (Fsp3) is 0.478. The summed E-state index contributed by atoms with van der Waals surface area (Å²) in [5.74, 6) is 0. The third-order valence-corrected chi connectivity index (χ3v) is 10.9. The maximum atomic E-state index is 11.1. The summed E-state index contributed by atoms with van der Waals surface area (Å²) in [5.41, 5.74) is 1.39. The van der Waals surface area contributed by atoms with Gasteiger partial charge in [0.15, 0.2) is 7.56 Å². The molecule has 0 aromatic heterocycles. The average molecular weight is 492 g/mol. The maximum absolute atomic E-state index is 11.1. The van der Waals surface area contributed by atoms with Gasteiger partial charge in [0, 0.05) is 38.3 Å². The molecular weight excluding hydrogens is 461 g/mol. The summed E-state index contributed by atoms with van der Waals surface area (Å²) in [7, 11) is -1.76. The zero-order chi connectivity index (χ0) is 20.1. The first kappa shape index (κ1) is 23.3. The fourth-order valence-electron chi connectivity index (χ4n) is 4.86. The monoisotopic (exact) mass is 491 g/mol. The Morgan fingerprint density at radius 1 is 0.767 bits per heavy atom. The SMILES string of the molecule is O=[N+]([O-])c1ccc(C[P+](c2ccccc2)(N2CCCCC2)N2CCCCC2)cc1.[Br-]. The number of nitro benzene ring substituents is 1. The van der Waals surface area contributed by atoms with Crippen molar-refractivity contribution in [3.05, 3.63) is 70.3 Å². The molecule has 0 unspecified atom stereocenters. The van der Waals surface area contributed by atoms with E-state index in [0.717, 1.165) is 32.3 Å². The molecule has 2 heterocycles. The number of benzene rings is 2. The first-order valence-corrected chi connectivity index (χ1v) is 12.8. The van der Waals surface area contributed by atoms with E-state index in [1.807, 2.05) is 12.1 Å². The molecule has 2 aliphatic rings. The Kier molecular flexibility index (Phi) is 8.41. The number of rotatable bonds is 6. The van der Waals surface area contributed by atoms with Crippen molar-refractivity contribution in [1.82, 2.24) is 9.34 Å². The second kappa shape index (κ2) is 10.8. The highest BCUT2D eigenvalue weighted by Crippen LogP contribution is 2.67. The molecular formula is C23H31BrN3O2P. The van der Waals surface area contributed by atoms with Gasteiger partial charge in [-0.25, -0.2) is 0 Å². The van der Waals surface area contributed by atoms with Crippen LogP contribution in [0.3, 0.4) is 0 Å². The highest BCUT2D eigenvalue weighted by atomic mass is 79.9. The molecule has 5 nitrogen and oxygen atoms in total. The van der Waals surface area contributed by atoms with E-state index >= 15 is 0 Å². The highest BCUT2D eigenvalue weighted by molar-refractivity contribution is 7.78. The van der Waals surface area contributed by atoms with Gasteiger partial charge < -0.3 is 17.0 Å². The Bertz CT molecular complexity index is 789. The molecule has 0 saturated carbocycles. The largest absolute Gasteiger partial charge is 1.00 e. The van der Waals surface area contributed by atoms with E-state index in [-0.39, 0.29) is 27.6 Å². The van der Waals surface area contributed by atoms with Gasteiger partial charge in [-0.15, -0.1) is 0 Å². The Labute approximate surface area is 190 Å². The third kappa shape index (κ3) is 4.94. The first-order chi connectivity index (χ1) is 14.2. The molecule has 2 aliphatic heterocycles. The van der Waals surface area contributed by atoms with E-state index in [9.17, 15) is 10.1 Å². The Balaban J connectivity index is 0.00000256. The number of nitrogens with zero attached hydrogens (tertiary/aromatic N) is 3. The molecule has 2 fully saturated rings. The minimum absolute atomic E-state index is 0. The molecule has 0 spiro atoms. The van der Waals surface area contributed by atoms with Crippen molar-refractivity contribution in [1.29, 1.82) is 0 Å². The van der Waals surface area contributed by atoms with E-state index in [0.29, 0.717) is 0 Å². The summed E-state index contributed by atoms with van der Waals surface area (Å²) in [6.07, 6.45) is 8.68. The standard InChI is InChI=1S/C23H31N3O2P.BrH/c27-26(28)22-14-12-21(13-15-22)20-29(23-10-4-1-5-11-23,24-16-6-2-7-17-24)25-18-8-3-9-19-25;/h1,4-5,10-15H,2-3,6-9,16-20H2;1H/q+1;/p-1. The molecule has 2 aromatic rings. The predicted octanol–water partition coefficient (Wildman–Crippen LogP) is 2.24. The molecule has 4 rings (SSSR count). The number of piperidine rings is 2. The number of non-ortho nitro benzene ring substituents is 1. The highest BCUT2D eigenvalue weighted by Gasteiger charge is 2.53. The lowest BCUT2D eigenvalue weighted by Gasteiger charge is -2.45. The van der Waals surface area contributed by atoms with Crippen LogP contribution in [0.4, 0.5) is 5.69 Å². The van der Waals surface area contributed by atoms with Crippen LogP contribution in [0, 0.1) is 10.1 Å². The molecule has 7 heteroatoms. The molecule has 0 aliphatic carbocycles. The van der Waals surface area contributed by atoms with Crippen LogP contribution in [0.2, 0.25) is 0 Å². The fourth-order valence-corrected chi connectivity index (χ4v) is 9.71. The van der Waals surface area contributed by atoms with Gasteiger partial charge in [-0.1, -0.05) is 31.0 Å². The van der Waals surface area contributed by atoms with Crippen molar-refractivity contribution < 1.29 is 21.9 Å². The Morgan fingerprint density at radius 2 is 1.27 bits per heavy atom. The average Bonchev–Trinajstić information content (AvgIpc) is 2.79. The van der Waals surface area contributed by atoms with E-state index in [4.69, 9.17) is 0 Å². The maximum Gasteiger partial charge on any atom is 0.269 e. The van der Waals surface area contributed by atoms with E-state index in [1.54, 1.807) is 12.1 Å². The lowest BCUT2D eigenvalue weighted by atomic mass is 10.2. The van der Waals surface area contributed by atoms with Crippen LogP contribution in [0.15, 0.2) is 54.6 Å². The van der Waals surface area contributed by atoms with Gasteiger partial charge in [-0.3, -0.25) is 10.1 Å². The summed E-state index contributed by atoms with van der Waals surface area (Å²) in [6, 6.07) is 18.4. The molecule has 0 N–H and O–H groups in total. The zero-order valence-corrected chi connectivity index (χ0v) is 19.9. The van der Waals surface area contributed by atoms with Crippen LogP contribution < -0.4 is 22.3 Å². The summed E-state index contributed by atoms with van der Waals surface area (Å²) < 4.78 is 5.61. The number of halogens is 1. The molecule has 0 bridgehead atoms. The second-order valence-electron chi connectivity index (χ2n) is 8.18. The van der Waals surface area contributed by atoms with Crippen LogP contribution in [-0.2, 0) is 6.16 Å². The van der Waals surface area contributed by atoms with Gasteiger partial charge in [0.1, 0.15) is 11.5 Å². The third-order valence-electron chi connectivity index (χ3n) is 6.32. The molecule has 2 saturated heterocycles. The Morgan fingerprint density at radius 3 is 1.73 bits per heavy atom. The van der Waals surface area contributed by atoms with Gasteiger partial charge in [-0.2, -0.15) is 9.34 Å². The summed E-state index contributed by atoms with van der Waals surface area (Å²) in [6.45, 7) is 4.64. The molecule has 30 heavy (non-hydrogen) atoms. The van der Waals surface area contributed by atoms with E-state index in [2.05, 4.69) is 39.7 Å². The molecule has 0 atom stereocenters. The quantitative estimate of drug-likeness (QED) is 0.353. The van der Waals surface area contributed by atoms with Crippen LogP contribution in [0.1, 0.15) is 44.1 Å². The molecule has 162 valence electrons. The smallest absolute Gasteiger partial charge is 0.269 e. The number of hydrogen-bond donors (Lipinski definition) is 0. The van der Waals surface area contributed by atoms with E-state index < -0.39 is 7.56 Å². The van der Waals surface area contributed by atoms with Crippen molar-refractivity contribution in [2.75, 3.05) is 26.2 Å². The predicted molar refractivity (Wildman–Crippen MR) is 121 cm³/mol. The van der Waals surface area contributed by atoms with Crippen molar-refractivity contribution in [3.63, 3.8) is 0 Å². The van der Waals surface area contributed by atoms with Crippen LogP contribution >= 0.6 is 7.56 Å². The van der Waals surface area contributed by atoms with Crippen molar-refractivity contribution in [3.8, 4) is 0 Å². The Hall–Kier alpha value is -1.33. The topological polar surface area (TPSA) is 49.6 Å². The van der Waals surface area contributed by atoms with Gasteiger partial charge in [-0.05, 0) is 55.5 Å². The lowest BCUT2D eigenvalue weighted by Crippen LogP contribution is -3.00. The van der Waals surface area contributed by atoms with Gasteiger partial charge in [0.05, 0.1) is 4.92 Å². The summed E-state index contributed by atoms with van der Waals surface area (Å²) in [4.78, 5) is 10.8. The summed E-state index contributed by atoms with van der Waals surface area (Å²) >= 11 is 0. The first-order valence-electron chi connectivity index (χ1n) is 10.9. The van der Waals surface area contributed by atoms with Crippen LogP contribution in [0.25, 0.3) is 0 Å². The van der Waals surface area contributed by atoms with Gasteiger partial charge >= 0.3 is 0 Å². The van der Waals surface area contributed by atoms with Crippen molar-refractivity contribution >= 4 is 18.6 Å². The lowest BCUT2D eigenvalue weighted by molar-refractivity contribution is -0.384.